The molecule has 1 aliphatic rings. The summed E-state index contributed by atoms with van der Waals surface area (Å²) in [5, 5.41) is 12.0. The highest BCUT2D eigenvalue weighted by molar-refractivity contribution is 5.91. The van der Waals surface area contributed by atoms with Crippen molar-refractivity contribution < 1.29 is 23.9 Å². The van der Waals surface area contributed by atoms with Crippen molar-refractivity contribution in [3.63, 3.8) is 0 Å². The Balaban J connectivity index is 1.59. The van der Waals surface area contributed by atoms with Crippen molar-refractivity contribution in [3.8, 4) is 0 Å². The van der Waals surface area contributed by atoms with E-state index in [-0.39, 0.29) is 25.3 Å². The van der Waals surface area contributed by atoms with Crippen molar-refractivity contribution in [2.75, 3.05) is 6.54 Å². The van der Waals surface area contributed by atoms with Gasteiger partial charge in [-0.1, -0.05) is 30.3 Å². The first-order valence-electron chi connectivity index (χ1n) is 8.40. The number of carbonyl (C=O) groups excluding carboxylic acids is 2. The maximum Gasteiger partial charge on any atom is 0.326 e. The number of amides is 2. The van der Waals surface area contributed by atoms with Crippen LogP contribution in [0.3, 0.4) is 0 Å². The summed E-state index contributed by atoms with van der Waals surface area (Å²) in [6.45, 7) is 0.561. The minimum atomic E-state index is -1.10. The topological polar surface area (TPSA) is 99.8 Å². The summed E-state index contributed by atoms with van der Waals surface area (Å²) in [5.74, 6) is -1.57. The molecule has 1 aliphatic heterocycles. The molecule has 0 aliphatic carbocycles. The Morgan fingerprint density at radius 1 is 1.23 bits per heavy atom. The maximum absolute atomic E-state index is 12.5. The van der Waals surface area contributed by atoms with Crippen LogP contribution < -0.4 is 5.32 Å². The van der Waals surface area contributed by atoms with E-state index in [0.29, 0.717) is 12.3 Å². The maximum atomic E-state index is 12.5. The lowest BCUT2D eigenvalue weighted by molar-refractivity contribution is -0.142. The molecule has 2 amide bonds. The summed E-state index contributed by atoms with van der Waals surface area (Å²) in [6.07, 6.45) is 1.80. The number of hydrogen-bond acceptors (Lipinski definition) is 4. The van der Waals surface area contributed by atoms with Gasteiger partial charge < -0.3 is 19.7 Å². The van der Waals surface area contributed by atoms with Crippen molar-refractivity contribution in [2.45, 2.75) is 25.4 Å². The van der Waals surface area contributed by atoms with Gasteiger partial charge in [0.1, 0.15) is 11.8 Å². The van der Waals surface area contributed by atoms with Crippen molar-refractivity contribution in [3.05, 3.63) is 60.1 Å². The number of nitrogens with zero attached hydrogens (tertiary/aromatic N) is 1. The van der Waals surface area contributed by atoms with Crippen LogP contribution in [-0.4, -0.2) is 40.4 Å². The summed E-state index contributed by atoms with van der Waals surface area (Å²) in [7, 11) is 0. The number of furan rings is 1. The summed E-state index contributed by atoms with van der Waals surface area (Å²) in [5.41, 5.74) is 0.821. The molecule has 1 saturated heterocycles. The van der Waals surface area contributed by atoms with Gasteiger partial charge in [0, 0.05) is 19.4 Å². The molecule has 0 bridgehead atoms. The van der Waals surface area contributed by atoms with Gasteiger partial charge in [0.15, 0.2) is 0 Å². The van der Waals surface area contributed by atoms with Crippen LogP contribution in [0.1, 0.15) is 17.7 Å². The minimum Gasteiger partial charge on any atom is -0.480 e. The fraction of sp³-hybridized carbons (Fsp3) is 0.316. The third-order valence-electron chi connectivity index (χ3n) is 4.41. The lowest BCUT2D eigenvalue weighted by Gasteiger charge is -2.18. The number of benzene rings is 1. The molecule has 7 nitrogen and oxygen atoms in total. The number of aliphatic carboxylic acids is 1. The van der Waals surface area contributed by atoms with Gasteiger partial charge in [-0.05, 0) is 17.7 Å². The number of hydrogen-bond donors (Lipinski definition) is 2. The molecule has 26 heavy (non-hydrogen) atoms. The number of carboxylic acids is 1. The highest BCUT2D eigenvalue weighted by Crippen LogP contribution is 2.21. The summed E-state index contributed by atoms with van der Waals surface area (Å²) in [6, 6.07) is 11.6. The van der Waals surface area contributed by atoms with Gasteiger partial charge in [0.05, 0.1) is 18.7 Å². The molecule has 1 fully saturated rings. The van der Waals surface area contributed by atoms with Crippen LogP contribution >= 0.6 is 0 Å². The van der Waals surface area contributed by atoms with E-state index in [0.717, 1.165) is 5.56 Å². The monoisotopic (exact) mass is 356 g/mol. The first-order valence-corrected chi connectivity index (χ1v) is 8.40. The predicted molar refractivity (Wildman–Crippen MR) is 91.9 cm³/mol. The van der Waals surface area contributed by atoms with Crippen LogP contribution in [0.15, 0.2) is 53.1 Å². The van der Waals surface area contributed by atoms with E-state index in [1.54, 1.807) is 17.0 Å². The predicted octanol–water partition coefficient (Wildman–Crippen LogP) is 1.44. The molecule has 1 aromatic heterocycles. The van der Waals surface area contributed by atoms with Crippen molar-refractivity contribution in [1.82, 2.24) is 10.2 Å². The van der Waals surface area contributed by atoms with Crippen LogP contribution in [0.4, 0.5) is 0 Å². The van der Waals surface area contributed by atoms with Gasteiger partial charge in [0.2, 0.25) is 11.8 Å². The number of likely N-dealkylation sites (tertiary alicyclic amines) is 1. The molecule has 0 radical (unpaired) electrons. The average molecular weight is 356 g/mol. The second-order valence-corrected chi connectivity index (χ2v) is 6.34. The summed E-state index contributed by atoms with van der Waals surface area (Å²) >= 11 is 0. The zero-order chi connectivity index (χ0) is 18.5. The van der Waals surface area contributed by atoms with Gasteiger partial charge in [-0.15, -0.1) is 0 Å². The van der Waals surface area contributed by atoms with E-state index in [4.69, 9.17) is 4.42 Å². The summed E-state index contributed by atoms with van der Waals surface area (Å²) in [4.78, 5) is 37.6. The number of nitrogens with one attached hydrogen (secondary N) is 1. The van der Waals surface area contributed by atoms with Gasteiger partial charge in [0.25, 0.3) is 0 Å². The standard InChI is InChI=1S/C19H20N2O5/c22-17-10-14(11-21(17)12-15-7-4-8-26-15)18(23)20-16(19(24)25)9-13-5-2-1-3-6-13/h1-8,14,16H,9-12H2,(H,20,23)(H,24,25)/t14?,16-/m1/s1. The fourth-order valence-electron chi connectivity index (χ4n) is 3.03. The zero-order valence-electron chi connectivity index (χ0n) is 14.1. The van der Waals surface area contributed by atoms with E-state index in [1.165, 1.54) is 6.26 Å². The SMILES string of the molecule is O=C(N[C@H](Cc1ccccc1)C(=O)O)C1CC(=O)N(Cc2ccco2)C1. The zero-order valence-corrected chi connectivity index (χ0v) is 14.1. The molecular weight excluding hydrogens is 336 g/mol. The van der Waals surface area contributed by atoms with Crippen LogP contribution in [0.5, 0.6) is 0 Å². The molecule has 3 rings (SSSR count). The molecule has 2 aromatic rings. The van der Waals surface area contributed by atoms with Gasteiger partial charge in [-0.25, -0.2) is 4.79 Å². The quantitative estimate of drug-likeness (QED) is 0.782. The van der Waals surface area contributed by atoms with E-state index in [2.05, 4.69) is 5.32 Å². The molecule has 2 atom stereocenters. The molecule has 1 aromatic carbocycles. The van der Waals surface area contributed by atoms with Gasteiger partial charge in [-0.2, -0.15) is 0 Å². The minimum absolute atomic E-state index is 0.0736. The highest BCUT2D eigenvalue weighted by Gasteiger charge is 2.36. The van der Waals surface area contributed by atoms with E-state index >= 15 is 0 Å². The van der Waals surface area contributed by atoms with Gasteiger partial charge in [-0.3, -0.25) is 9.59 Å². The van der Waals surface area contributed by atoms with E-state index < -0.39 is 23.8 Å². The molecule has 0 saturated carbocycles. The normalized spacial score (nSPS) is 17.9. The molecular formula is C19H20N2O5. The molecule has 7 heteroatoms. The second-order valence-electron chi connectivity index (χ2n) is 6.34. The number of carbonyl (C=O) groups is 3. The Bertz CT molecular complexity index is 772. The molecule has 1 unspecified atom stereocenters. The second kappa shape index (κ2) is 7.86. The van der Waals surface area contributed by atoms with Crippen molar-refractivity contribution >= 4 is 17.8 Å². The molecule has 2 heterocycles. The van der Waals surface area contributed by atoms with Crippen LogP contribution in [0.2, 0.25) is 0 Å². The van der Waals surface area contributed by atoms with Crippen molar-refractivity contribution in [2.24, 2.45) is 5.92 Å². The van der Waals surface area contributed by atoms with Crippen molar-refractivity contribution in [1.29, 1.82) is 0 Å². The Morgan fingerprint density at radius 2 is 2.00 bits per heavy atom. The van der Waals surface area contributed by atoms with Crippen LogP contribution in [-0.2, 0) is 27.3 Å². The Kier molecular flexibility index (Phi) is 5.36. The number of rotatable bonds is 7. The smallest absolute Gasteiger partial charge is 0.326 e. The lowest BCUT2D eigenvalue weighted by atomic mass is 10.0. The molecule has 2 N–H and O–H groups in total. The van der Waals surface area contributed by atoms with Gasteiger partial charge >= 0.3 is 5.97 Å². The Morgan fingerprint density at radius 3 is 2.65 bits per heavy atom. The molecule has 0 spiro atoms. The first kappa shape index (κ1) is 17.7. The largest absolute Gasteiger partial charge is 0.480 e. The summed E-state index contributed by atoms with van der Waals surface area (Å²) < 4.78 is 5.23. The first-order chi connectivity index (χ1) is 12.5. The average Bonchev–Trinajstić information content (AvgIpc) is 3.26. The number of carboxylic acid groups (broad SMARTS) is 1. The highest BCUT2D eigenvalue weighted by atomic mass is 16.4. The fourth-order valence-corrected chi connectivity index (χ4v) is 3.03. The van der Waals surface area contributed by atoms with Crippen LogP contribution in [0.25, 0.3) is 0 Å². The van der Waals surface area contributed by atoms with Crippen LogP contribution in [0, 0.1) is 5.92 Å². The third kappa shape index (κ3) is 4.30. The van der Waals surface area contributed by atoms with E-state index in [1.807, 2.05) is 30.3 Å². The lowest BCUT2D eigenvalue weighted by Crippen LogP contribution is -2.45. The molecule has 136 valence electrons. The van der Waals surface area contributed by atoms with E-state index in [9.17, 15) is 19.5 Å². The third-order valence-corrected chi connectivity index (χ3v) is 4.41. The Labute approximate surface area is 150 Å². The Hall–Kier alpha value is -3.09.